The van der Waals surface area contributed by atoms with Gasteiger partial charge in [0.15, 0.2) is 0 Å². The molecule has 1 unspecified atom stereocenters. The zero-order valence-electron chi connectivity index (χ0n) is 16.6. The van der Waals surface area contributed by atoms with E-state index in [2.05, 4.69) is 51.3 Å². The zero-order valence-corrected chi connectivity index (χ0v) is 17.4. The topological polar surface area (TPSA) is 32.3 Å². The first-order valence-electron chi connectivity index (χ1n) is 10.2. The van der Waals surface area contributed by atoms with Crippen molar-refractivity contribution in [2.45, 2.75) is 38.4 Å². The molecule has 1 aromatic heterocycles. The van der Waals surface area contributed by atoms with E-state index >= 15 is 0 Å². The molecule has 156 valence electrons. The van der Waals surface area contributed by atoms with E-state index in [1.54, 1.807) is 11.3 Å². The minimum atomic E-state index is -0.637. The number of benzene rings is 2. The Bertz CT molecular complexity index is 989. The molecule has 2 heterocycles. The summed E-state index contributed by atoms with van der Waals surface area (Å²) in [4.78, 5) is 15.0. The third-order valence-electron chi connectivity index (χ3n) is 5.58. The Kier molecular flexibility index (Phi) is 6.55. The summed E-state index contributed by atoms with van der Waals surface area (Å²) in [6, 6.07) is 13.8. The third kappa shape index (κ3) is 4.94. The number of likely N-dealkylation sites (tertiary alicyclic amines) is 1. The van der Waals surface area contributed by atoms with Gasteiger partial charge in [0.1, 0.15) is 11.6 Å². The standard InChI is InChI=1S/C24H24F2N2OS/c25-21-9-8-19(22(26)13-21)14-27-24(29)23-3-1-2-11-28(23)15-17-4-6-18(7-5-17)20-10-12-30-16-20/h4-10,12-13,16,23H,1-3,11,14-15H2,(H,27,29). The van der Waals surface area contributed by atoms with E-state index in [0.29, 0.717) is 6.54 Å². The van der Waals surface area contributed by atoms with Crippen molar-refractivity contribution >= 4 is 17.2 Å². The second-order valence-electron chi connectivity index (χ2n) is 7.64. The second kappa shape index (κ2) is 9.49. The predicted molar refractivity (Wildman–Crippen MR) is 116 cm³/mol. The Morgan fingerprint density at radius 2 is 1.90 bits per heavy atom. The summed E-state index contributed by atoms with van der Waals surface area (Å²) in [7, 11) is 0. The highest BCUT2D eigenvalue weighted by Gasteiger charge is 2.28. The fourth-order valence-corrected chi connectivity index (χ4v) is 4.57. The van der Waals surface area contributed by atoms with Gasteiger partial charge < -0.3 is 5.32 Å². The number of rotatable bonds is 6. The lowest BCUT2D eigenvalue weighted by Crippen LogP contribution is -2.48. The Hall–Kier alpha value is -2.57. The van der Waals surface area contributed by atoms with Crippen molar-refractivity contribution < 1.29 is 13.6 Å². The van der Waals surface area contributed by atoms with Crippen molar-refractivity contribution in [3.63, 3.8) is 0 Å². The molecule has 0 saturated carbocycles. The van der Waals surface area contributed by atoms with Gasteiger partial charge in [0.05, 0.1) is 6.04 Å². The molecular formula is C24H24F2N2OS. The fourth-order valence-electron chi connectivity index (χ4n) is 3.91. The van der Waals surface area contributed by atoms with Crippen LogP contribution < -0.4 is 5.32 Å². The van der Waals surface area contributed by atoms with Crippen molar-refractivity contribution in [1.29, 1.82) is 0 Å². The normalized spacial score (nSPS) is 17.1. The predicted octanol–water partition coefficient (Wildman–Crippen LogP) is 5.36. The summed E-state index contributed by atoms with van der Waals surface area (Å²) >= 11 is 1.68. The van der Waals surface area contributed by atoms with Gasteiger partial charge in [-0.2, -0.15) is 11.3 Å². The maximum Gasteiger partial charge on any atom is 0.237 e. The van der Waals surface area contributed by atoms with Gasteiger partial charge in [-0.1, -0.05) is 36.8 Å². The summed E-state index contributed by atoms with van der Waals surface area (Å²) in [5, 5.41) is 7.03. The highest BCUT2D eigenvalue weighted by molar-refractivity contribution is 7.08. The quantitative estimate of drug-likeness (QED) is 0.575. The summed E-state index contributed by atoms with van der Waals surface area (Å²) in [5.41, 5.74) is 3.86. The maximum atomic E-state index is 13.8. The lowest BCUT2D eigenvalue weighted by Gasteiger charge is -2.34. The Labute approximate surface area is 179 Å². The van der Waals surface area contributed by atoms with Gasteiger partial charge >= 0.3 is 0 Å². The largest absolute Gasteiger partial charge is 0.351 e. The van der Waals surface area contributed by atoms with Crippen molar-refractivity contribution in [3.8, 4) is 11.1 Å². The average Bonchev–Trinajstić information content (AvgIpc) is 3.29. The number of halogens is 2. The van der Waals surface area contributed by atoms with Crippen LogP contribution in [0, 0.1) is 11.6 Å². The number of nitrogens with zero attached hydrogens (tertiary/aromatic N) is 1. The van der Waals surface area contributed by atoms with Crippen molar-refractivity contribution in [2.24, 2.45) is 0 Å². The minimum absolute atomic E-state index is 0.0601. The maximum absolute atomic E-state index is 13.8. The monoisotopic (exact) mass is 426 g/mol. The molecule has 1 saturated heterocycles. The number of nitrogens with one attached hydrogen (secondary N) is 1. The third-order valence-corrected chi connectivity index (χ3v) is 6.26. The van der Waals surface area contributed by atoms with E-state index in [9.17, 15) is 13.6 Å². The molecule has 0 bridgehead atoms. The number of carbonyl (C=O) groups is 1. The number of hydrogen-bond acceptors (Lipinski definition) is 3. The molecule has 0 spiro atoms. The Morgan fingerprint density at radius 1 is 1.07 bits per heavy atom. The number of hydrogen-bond donors (Lipinski definition) is 1. The first kappa shape index (κ1) is 20.7. The van der Waals surface area contributed by atoms with Gasteiger partial charge in [-0.25, -0.2) is 8.78 Å². The SMILES string of the molecule is O=C(NCc1ccc(F)cc1F)C1CCCCN1Cc1ccc(-c2ccsc2)cc1. The van der Waals surface area contributed by atoms with Crippen LogP contribution in [-0.4, -0.2) is 23.4 Å². The highest BCUT2D eigenvalue weighted by atomic mass is 32.1. The molecule has 4 rings (SSSR count). The molecule has 0 aliphatic carbocycles. The van der Waals surface area contributed by atoms with Crippen LogP contribution in [0.1, 0.15) is 30.4 Å². The van der Waals surface area contributed by atoms with Gasteiger partial charge in [-0.15, -0.1) is 0 Å². The number of amides is 1. The Morgan fingerprint density at radius 3 is 2.63 bits per heavy atom. The molecule has 6 heteroatoms. The van der Waals surface area contributed by atoms with E-state index in [0.717, 1.165) is 31.9 Å². The molecule has 1 aliphatic rings. The molecule has 1 fully saturated rings. The van der Waals surface area contributed by atoms with Crippen molar-refractivity contribution in [2.75, 3.05) is 6.54 Å². The first-order chi connectivity index (χ1) is 14.6. The van der Waals surface area contributed by atoms with E-state index in [-0.39, 0.29) is 24.1 Å². The van der Waals surface area contributed by atoms with Crippen molar-refractivity contribution in [1.82, 2.24) is 10.2 Å². The number of piperidine rings is 1. The van der Waals surface area contributed by atoms with Gasteiger partial charge in [0.25, 0.3) is 0 Å². The van der Waals surface area contributed by atoms with Crippen LogP contribution in [0.3, 0.4) is 0 Å². The van der Waals surface area contributed by atoms with Crippen LogP contribution in [0.25, 0.3) is 11.1 Å². The van der Waals surface area contributed by atoms with Gasteiger partial charge in [0.2, 0.25) is 5.91 Å². The highest BCUT2D eigenvalue weighted by Crippen LogP contribution is 2.24. The van der Waals surface area contributed by atoms with E-state index < -0.39 is 11.6 Å². The molecule has 3 aromatic rings. The van der Waals surface area contributed by atoms with Crippen LogP contribution in [0.5, 0.6) is 0 Å². The summed E-state index contributed by atoms with van der Waals surface area (Å²) in [6.45, 7) is 1.62. The summed E-state index contributed by atoms with van der Waals surface area (Å²) in [6.07, 6.45) is 2.84. The van der Waals surface area contributed by atoms with Crippen LogP contribution in [0.15, 0.2) is 59.3 Å². The molecule has 30 heavy (non-hydrogen) atoms. The second-order valence-corrected chi connectivity index (χ2v) is 8.42. The lowest BCUT2D eigenvalue weighted by atomic mass is 9.99. The molecule has 1 amide bonds. The summed E-state index contributed by atoms with van der Waals surface area (Å²) < 4.78 is 26.9. The van der Waals surface area contributed by atoms with Crippen LogP contribution in [0.4, 0.5) is 8.78 Å². The van der Waals surface area contributed by atoms with E-state index in [1.807, 2.05) is 0 Å². The molecule has 2 aromatic carbocycles. The Balaban J connectivity index is 1.39. The minimum Gasteiger partial charge on any atom is -0.351 e. The van der Waals surface area contributed by atoms with Gasteiger partial charge in [-0.3, -0.25) is 9.69 Å². The molecular weight excluding hydrogens is 402 g/mol. The van der Waals surface area contributed by atoms with Crippen LogP contribution in [0.2, 0.25) is 0 Å². The number of thiophene rings is 1. The molecule has 0 radical (unpaired) electrons. The summed E-state index contributed by atoms with van der Waals surface area (Å²) in [5.74, 6) is -1.36. The van der Waals surface area contributed by atoms with Crippen LogP contribution in [-0.2, 0) is 17.9 Å². The smallest absolute Gasteiger partial charge is 0.237 e. The van der Waals surface area contributed by atoms with Crippen molar-refractivity contribution in [3.05, 3.63) is 82.1 Å². The molecule has 1 aliphatic heterocycles. The van der Waals surface area contributed by atoms with Gasteiger partial charge in [0, 0.05) is 24.7 Å². The fraction of sp³-hybridized carbons (Fsp3) is 0.292. The van der Waals surface area contributed by atoms with Gasteiger partial charge in [-0.05, 0) is 59.0 Å². The molecule has 3 nitrogen and oxygen atoms in total. The number of carbonyl (C=O) groups excluding carboxylic acids is 1. The molecule has 1 N–H and O–H groups in total. The lowest BCUT2D eigenvalue weighted by molar-refractivity contribution is -0.128. The average molecular weight is 427 g/mol. The zero-order chi connectivity index (χ0) is 20.9. The first-order valence-corrected chi connectivity index (χ1v) is 11.1. The van der Waals surface area contributed by atoms with E-state index in [4.69, 9.17) is 0 Å². The molecule has 1 atom stereocenters. The van der Waals surface area contributed by atoms with E-state index in [1.165, 1.54) is 28.8 Å². The van der Waals surface area contributed by atoms with Crippen LogP contribution >= 0.6 is 11.3 Å².